The fourth-order valence-electron chi connectivity index (χ4n) is 5.18. The Labute approximate surface area is 215 Å². The molecule has 2 saturated heterocycles. The molecule has 0 saturated carbocycles. The Morgan fingerprint density at radius 3 is 2.61 bits per heavy atom. The molecule has 0 aliphatic carbocycles. The topological polar surface area (TPSA) is 97.2 Å². The number of carboxylic acid groups (broad SMARTS) is 1. The van der Waals surface area contributed by atoms with Gasteiger partial charge < -0.3 is 29.1 Å². The SMILES string of the molecule is COc1cc(N2CCC(Oc3cnc(N4CC(OC)C(C)C4CC(=O)O)c(F)c3)C(C)C2)c(Cl)cn1. The van der Waals surface area contributed by atoms with Crippen LogP contribution in [0.15, 0.2) is 24.5 Å². The number of piperidine rings is 1. The first-order valence-corrected chi connectivity index (χ1v) is 12.4. The van der Waals surface area contributed by atoms with Gasteiger partial charge >= 0.3 is 5.97 Å². The maximum atomic E-state index is 15.2. The number of aliphatic carboxylic acids is 1. The largest absolute Gasteiger partial charge is 0.488 e. The van der Waals surface area contributed by atoms with Gasteiger partial charge in [0.1, 0.15) is 11.9 Å². The van der Waals surface area contributed by atoms with Crippen molar-refractivity contribution in [1.29, 1.82) is 0 Å². The zero-order valence-corrected chi connectivity index (χ0v) is 21.6. The van der Waals surface area contributed by atoms with Gasteiger partial charge in [0.05, 0.1) is 42.7 Å². The number of halogens is 2. The molecule has 2 fully saturated rings. The smallest absolute Gasteiger partial charge is 0.305 e. The maximum Gasteiger partial charge on any atom is 0.305 e. The highest BCUT2D eigenvalue weighted by Crippen LogP contribution is 2.36. The molecule has 11 heteroatoms. The minimum Gasteiger partial charge on any atom is -0.488 e. The van der Waals surface area contributed by atoms with E-state index in [4.69, 9.17) is 25.8 Å². The Bertz CT molecular complexity index is 1090. The number of hydrogen-bond acceptors (Lipinski definition) is 8. The minimum atomic E-state index is -0.944. The first-order valence-electron chi connectivity index (χ1n) is 12.0. The number of nitrogens with zero attached hydrogens (tertiary/aromatic N) is 4. The Balaban J connectivity index is 1.44. The van der Waals surface area contributed by atoms with Crippen LogP contribution in [0.3, 0.4) is 0 Å². The zero-order valence-electron chi connectivity index (χ0n) is 20.9. The van der Waals surface area contributed by atoms with Crippen LogP contribution in [-0.4, -0.2) is 73.1 Å². The summed E-state index contributed by atoms with van der Waals surface area (Å²) in [6, 6.07) is 2.73. The second-order valence-electron chi connectivity index (χ2n) is 9.47. The van der Waals surface area contributed by atoms with E-state index < -0.39 is 17.8 Å². The van der Waals surface area contributed by atoms with Crippen molar-refractivity contribution in [2.24, 2.45) is 11.8 Å². The van der Waals surface area contributed by atoms with Gasteiger partial charge in [-0.05, 0) is 0 Å². The molecule has 2 aromatic heterocycles. The van der Waals surface area contributed by atoms with Crippen LogP contribution >= 0.6 is 11.6 Å². The second kappa shape index (κ2) is 11.0. The van der Waals surface area contributed by atoms with Crippen molar-refractivity contribution in [3.8, 4) is 11.6 Å². The summed E-state index contributed by atoms with van der Waals surface area (Å²) in [5.74, 6) is -0.480. The number of rotatable bonds is 8. The van der Waals surface area contributed by atoms with Crippen LogP contribution in [0.25, 0.3) is 0 Å². The lowest BCUT2D eigenvalue weighted by atomic mass is 9.96. The first kappa shape index (κ1) is 26.2. The van der Waals surface area contributed by atoms with E-state index >= 15 is 4.39 Å². The highest BCUT2D eigenvalue weighted by molar-refractivity contribution is 6.33. The van der Waals surface area contributed by atoms with E-state index in [1.807, 2.05) is 13.0 Å². The number of ether oxygens (including phenoxy) is 3. The molecule has 0 bridgehead atoms. The van der Waals surface area contributed by atoms with Gasteiger partial charge in [-0.25, -0.2) is 14.4 Å². The van der Waals surface area contributed by atoms with E-state index in [0.717, 1.165) is 5.69 Å². The molecule has 1 N–H and O–H groups in total. The Kier molecular flexibility index (Phi) is 8.04. The molecule has 2 aliphatic heterocycles. The normalized spacial score (nSPS) is 26.2. The van der Waals surface area contributed by atoms with Crippen molar-refractivity contribution in [1.82, 2.24) is 9.97 Å². The average molecular weight is 523 g/mol. The fourth-order valence-corrected chi connectivity index (χ4v) is 5.40. The molecule has 4 heterocycles. The van der Waals surface area contributed by atoms with Crippen LogP contribution < -0.4 is 19.3 Å². The van der Waals surface area contributed by atoms with Crippen LogP contribution in [0.2, 0.25) is 5.02 Å². The molecule has 2 aliphatic rings. The number of carboxylic acids is 1. The number of carbonyl (C=O) groups is 1. The van der Waals surface area contributed by atoms with Gasteiger partial charge in [0.2, 0.25) is 5.88 Å². The molecule has 0 radical (unpaired) electrons. The predicted octanol–water partition coefficient (Wildman–Crippen LogP) is 3.89. The summed E-state index contributed by atoms with van der Waals surface area (Å²) in [5.41, 5.74) is 0.857. The number of pyridine rings is 2. The third-order valence-corrected chi connectivity index (χ3v) is 7.49. The lowest BCUT2D eigenvalue weighted by Crippen LogP contribution is -2.44. The third kappa shape index (κ3) is 5.44. The van der Waals surface area contributed by atoms with Gasteiger partial charge in [-0.1, -0.05) is 25.4 Å². The van der Waals surface area contributed by atoms with E-state index in [2.05, 4.69) is 21.8 Å². The van der Waals surface area contributed by atoms with Crippen LogP contribution in [0.4, 0.5) is 15.9 Å². The number of hydrogen-bond donors (Lipinski definition) is 1. The van der Waals surface area contributed by atoms with E-state index in [9.17, 15) is 9.90 Å². The van der Waals surface area contributed by atoms with Gasteiger partial charge in [0.25, 0.3) is 0 Å². The average Bonchev–Trinajstić information content (AvgIpc) is 3.15. The van der Waals surface area contributed by atoms with Crippen LogP contribution in [0.1, 0.15) is 26.7 Å². The van der Waals surface area contributed by atoms with Crippen LogP contribution in [-0.2, 0) is 9.53 Å². The standard InChI is InChI=1S/C25H32ClFN4O5/c1-14-12-30(20-8-23(35-4)28-11-17(20)26)6-5-21(14)36-16-7-18(27)25(29-10-16)31-13-22(34-3)15(2)19(31)9-24(32)33/h7-8,10-11,14-15,19,21-22H,5-6,9,12-13H2,1-4H3,(H,32,33). The van der Waals surface area contributed by atoms with E-state index in [-0.39, 0.29) is 36.3 Å². The van der Waals surface area contributed by atoms with Crippen molar-refractivity contribution in [3.05, 3.63) is 35.4 Å². The number of anilines is 2. The Hall–Kier alpha value is -2.85. The molecule has 5 atom stereocenters. The summed E-state index contributed by atoms with van der Waals surface area (Å²) in [5, 5.41) is 9.90. The Morgan fingerprint density at radius 2 is 1.97 bits per heavy atom. The quantitative estimate of drug-likeness (QED) is 0.553. The van der Waals surface area contributed by atoms with Crippen molar-refractivity contribution in [3.63, 3.8) is 0 Å². The molecular weight excluding hydrogens is 491 g/mol. The molecule has 0 aromatic carbocycles. The number of aromatic nitrogens is 2. The van der Waals surface area contributed by atoms with Crippen LogP contribution in [0.5, 0.6) is 11.6 Å². The highest BCUT2D eigenvalue weighted by Gasteiger charge is 2.42. The first-order chi connectivity index (χ1) is 17.2. The fraction of sp³-hybridized carbons (Fsp3) is 0.560. The molecule has 4 rings (SSSR count). The summed E-state index contributed by atoms with van der Waals surface area (Å²) < 4.78 is 32.1. The van der Waals surface area contributed by atoms with Crippen molar-refractivity contribution in [2.75, 3.05) is 43.7 Å². The molecule has 5 unspecified atom stereocenters. The lowest BCUT2D eigenvalue weighted by Gasteiger charge is -2.38. The predicted molar refractivity (Wildman–Crippen MR) is 134 cm³/mol. The van der Waals surface area contributed by atoms with E-state index in [1.54, 1.807) is 25.3 Å². The molecule has 2 aromatic rings. The summed E-state index contributed by atoms with van der Waals surface area (Å²) in [6.07, 6.45) is 3.35. The van der Waals surface area contributed by atoms with E-state index in [1.165, 1.54) is 12.3 Å². The van der Waals surface area contributed by atoms with Gasteiger partial charge in [-0.3, -0.25) is 4.79 Å². The Morgan fingerprint density at radius 1 is 1.19 bits per heavy atom. The molecule has 196 valence electrons. The monoisotopic (exact) mass is 522 g/mol. The van der Waals surface area contributed by atoms with Crippen molar-refractivity contribution >= 4 is 29.1 Å². The summed E-state index contributed by atoms with van der Waals surface area (Å²) in [6.45, 7) is 5.77. The zero-order chi connectivity index (χ0) is 26.0. The van der Waals surface area contributed by atoms with Crippen molar-refractivity contribution < 1.29 is 28.5 Å². The van der Waals surface area contributed by atoms with E-state index in [0.29, 0.717) is 42.7 Å². The lowest BCUT2D eigenvalue weighted by molar-refractivity contribution is -0.137. The van der Waals surface area contributed by atoms with Gasteiger partial charge in [0.15, 0.2) is 11.6 Å². The molecular formula is C25H32ClFN4O5. The van der Waals surface area contributed by atoms with Crippen molar-refractivity contribution in [2.45, 2.75) is 44.9 Å². The summed E-state index contributed by atoms with van der Waals surface area (Å²) in [4.78, 5) is 23.7. The maximum absolute atomic E-state index is 15.2. The second-order valence-corrected chi connectivity index (χ2v) is 9.88. The molecule has 0 amide bonds. The highest BCUT2D eigenvalue weighted by atomic mass is 35.5. The van der Waals surface area contributed by atoms with Gasteiger partial charge in [-0.2, -0.15) is 0 Å². The summed E-state index contributed by atoms with van der Waals surface area (Å²) in [7, 11) is 3.14. The van der Waals surface area contributed by atoms with Gasteiger partial charge in [-0.15, -0.1) is 0 Å². The minimum absolute atomic E-state index is 0.0804. The van der Waals surface area contributed by atoms with Crippen LogP contribution in [0, 0.1) is 17.7 Å². The van der Waals surface area contributed by atoms with Gasteiger partial charge in [0, 0.05) is 63.2 Å². The number of methoxy groups -OCH3 is 2. The summed E-state index contributed by atoms with van der Waals surface area (Å²) >= 11 is 6.37. The molecule has 0 spiro atoms. The molecule has 36 heavy (non-hydrogen) atoms. The molecule has 9 nitrogen and oxygen atoms in total. The third-order valence-electron chi connectivity index (χ3n) is 7.20.